The van der Waals surface area contributed by atoms with Crippen LogP contribution in [0.2, 0.25) is 0 Å². The third-order valence-electron chi connectivity index (χ3n) is 8.98. The van der Waals surface area contributed by atoms with Gasteiger partial charge in [0.15, 0.2) is 5.82 Å². The molecule has 0 radical (unpaired) electrons. The van der Waals surface area contributed by atoms with Crippen LogP contribution in [0, 0.1) is 0 Å². The normalized spacial score (nSPS) is 12.3. The largest absolute Gasteiger partial charge is 0.374 e. The van der Waals surface area contributed by atoms with Crippen molar-refractivity contribution in [1.82, 2.24) is 9.97 Å². The molecule has 222 valence electrons. The second-order valence-electron chi connectivity index (χ2n) is 11.8. The maximum atomic E-state index is 5.14. The first-order valence-electron chi connectivity index (χ1n) is 15.9. The molecule has 0 bridgehead atoms. The predicted molar refractivity (Wildman–Crippen MR) is 199 cm³/mol. The van der Waals surface area contributed by atoms with E-state index in [0.29, 0.717) is 5.82 Å². The molecule has 0 atom stereocenters. The molecule has 1 aliphatic heterocycles. The fourth-order valence-electron chi connectivity index (χ4n) is 6.77. The second kappa shape index (κ2) is 11.6. The van der Waals surface area contributed by atoms with Crippen LogP contribution in [0.1, 0.15) is 0 Å². The summed E-state index contributed by atoms with van der Waals surface area (Å²) in [6, 6.07) is 55.9. The van der Waals surface area contributed by atoms with E-state index in [0.717, 1.165) is 39.5 Å². The third kappa shape index (κ3) is 4.95. The van der Waals surface area contributed by atoms with Gasteiger partial charge in [-0.2, -0.15) is 0 Å². The molecule has 0 unspecified atom stereocenters. The summed E-state index contributed by atoms with van der Waals surface area (Å²) in [4.78, 5) is 11.6. The molecule has 0 spiro atoms. The summed E-state index contributed by atoms with van der Waals surface area (Å²) in [5.74, 6) is 1.60. The van der Waals surface area contributed by atoms with Gasteiger partial charge in [-0.3, -0.25) is 0 Å². The minimum atomic E-state index is 0.708. The van der Waals surface area contributed by atoms with Gasteiger partial charge in [-0.25, -0.2) is 9.97 Å². The average Bonchev–Trinajstić information content (AvgIpc) is 3.64. The van der Waals surface area contributed by atoms with Crippen LogP contribution < -0.4 is 5.32 Å². The predicted octanol–water partition coefficient (Wildman–Crippen LogP) is 11.6. The molecule has 8 aromatic rings. The van der Waals surface area contributed by atoms with E-state index in [1.165, 1.54) is 48.8 Å². The summed E-state index contributed by atoms with van der Waals surface area (Å²) in [5, 5.41) is 8.56. The molecule has 0 amide bonds. The Bertz CT molecular complexity index is 2380. The fourth-order valence-corrected chi connectivity index (χ4v) is 7.67. The second-order valence-corrected chi connectivity index (χ2v) is 12.8. The highest BCUT2D eigenvalue weighted by Crippen LogP contribution is 2.47. The molecule has 1 aliphatic rings. The first-order valence-corrected chi connectivity index (χ1v) is 16.8. The molecule has 4 heteroatoms. The van der Waals surface area contributed by atoms with E-state index in [1.54, 1.807) is 0 Å². The van der Waals surface area contributed by atoms with E-state index in [9.17, 15) is 0 Å². The van der Waals surface area contributed by atoms with E-state index >= 15 is 0 Å². The zero-order valence-electron chi connectivity index (χ0n) is 25.5. The van der Waals surface area contributed by atoms with Gasteiger partial charge in [0, 0.05) is 27.0 Å². The summed E-state index contributed by atoms with van der Waals surface area (Å²) >= 11 is 1.87. The van der Waals surface area contributed by atoms with Crippen molar-refractivity contribution in [1.29, 1.82) is 0 Å². The van der Waals surface area contributed by atoms with E-state index in [2.05, 4.69) is 151 Å². The number of anilines is 1. The topological polar surface area (TPSA) is 37.8 Å². The summed E-state index contributed by atoms with van der Waals surface area (Å²) in [5.41, 5.74) is 11.0. The van der Waals surface area contributed by atoms with E-state index in [-0.39, 0.29) is 0 Å². The Kier molecular flexibility index (Phi) is 6.80. The van der Waals surface area contributed by atoms with Crippen molar-refractivity contribution >= 4 is 39.0 Å². The number of hydrogen-bond acceptors (Lipinski definition) is 4. The van der Waals surface area contributed by atoms with E-state index in [1.807, 2.05) is 23.9 Å². The lowest BCUT2D eigenvalue weighted by Crippen LogP contribution is -1.96. The number of nitrogens with zero attached hydrogens (tertiary/aromatic N) is 2. The average molecular weight is 620 g/mol. The number of thioether (sulfide) groups is 1. The van der Waals surface area contributed by atoms with Crippen molar-refractivity contribution in [2.45, 2.75) is 4.90 Å². The molecule has 9 rings (SSSR count). The van der Waals surface area contributed by atoms with Crippen molar-refractivity contribution in [2.24, 2.45) is 0 Å². The minimum absolute atomic E-state index is 0.708. The molecule has 0 saturated carbocycles. The number of benzene rings is 7. The Hall–Kier alpha value is -5.71. The lowest BCUT2D eigenvalue weighted by Gasteiger charge is -2.18. The van der Waals surface area contributed by atoms with E-state index < -0.39 is 0 Å². The fraction of sp³-hybridized carbons (Fsp3) is 0.0233. The number of rotatable bonds is 5. The van der Waals surface area contributed by atoms with Crippen LogP contribution in [-0.4, -0.2) is 15.8 Å². The van der Waals surface area contributed by atoms with Gasteiger partial charge in [-0.1, -0.05) is 140 Å². The van der Waals surface area contributed by atoms with Gasteiger partial charge in [-0.05, 0) is 56.6 Å². The first kappa shape index (κ1) is 27.6. The molecule has 2 heterocycles. The highest BCUT2D eigenvalue weighted by atomic mass is 32.2. The van der Waals surface area contributed by atoms with Gasteiger partial charge in [0.1, 0.15) is 0 Å². The standard InChI is InChI=1S/C43H29N3S/c1-3-13-29(14-4-1)38-26-39(30-15-5-2-6-16-30)46-43(45-38)32-18-11-17-31(24-32)41-33-19-8-7-12-28(33)22-23-35(41)37-25-40-42(44-27-47-40)36-21-10-9-20-34(36)37/h1-26,44H,27H2. The highest BCUT2D eigenvalue weighted by Gasteiger charge is 2.21. The van der Waals surface area contributed by atoms with Gasteiger partial charge in [0.2, 0.25) is 0 Å². The summed E-state index contributed by atoms with van der Waals surface area (Å²) in [6.07, 6.45) is 0. The Morgan fingerprint density at radius 2 is 1.09 bits per heavy atom. The monoisotopic (exact) mass is 619 g/mol. The molecule has 0 aliphatic carbocycles. The van der Waals surface area contributed by atoms with Gasteiger partial charge in [0.25, 0.3) is 0 Å². The molecule has 1 N–H and O–H groups in total. The van der Waals surface area contributed by atoms with Gasteiger partial charge >= 0.3 is 0 Å². The molecule has 47 heavy (non-hydrogen) atoms. The van der Waals surface area contributed by atoms with Crippen molar-refractivity contribution < 1.29 is 0 Å². The van der Waals surface area contributed by atoms with E-state index in [4.69, 9.17) is 9.97 Å². The Labute approximate surface area is 278 Å². The van der Waals surface area contributed by atoms with Crippen LogP contribution in [-0.2, 0) is 0 Å². The molecule has 1 aromatic heterocycles. The summed E-state index contributed by atoms with van der Waals surface area (Å²) in [6.45, 7) is 0. The van der Waals surface area contributed by atoms with Crippen LogP contribution in [0.5, 0.6) is 0 Å². The lowest BCUT2D eigenvalue weighted by molar-refractivity contribution is 1.18. The zero-order valence-corrected chi connectivity index (χ0v) is 26.3. The Balaban J connectivity index is 1.27. The van der Waals surface area contributed by atoms with Crippen molar-refractivity contribution in [3.8, 4) is 56.2 Å². The van der Waals surface area contributed by atoms with Crippen molar-refractivity contribution in [3.63, 3.8) is 0 Å². The maximum Gasteiger partial charge on any atom is 0.160 e. The van der Waals surface area contributed by atoms with Crippen molar-refractivity contribution in [2.75, 3.05) is 11.2 Å². The Morgan fingerprint density at radius 1 is 0.468 bits per heavy atom. The molecule has 0 fully saturated rings. The quantitative estimate of drug-likeness (QED) is 0.208. The minimum Gasteiger partial charge on any atom is -0.374 e. The summed E-state index contributed by atoms with van der Waals surface area (Å²) in [7, 11) is 0. The third-order valence-corrected chi connectivity index (χ3v) is 9.90. The first-order chi connectivity index (χ1) is 23.3. The number of hydrogen-bond donors (Lipinski definition) is 1. The van der Waals surface area contributed by atoms with Gasteiger partial charge < -0.3 is 5.32 Å². The van der Waals surface area contributed by atoms with Crippen LogP contribution in [0.3, 0.4) is 0 Å². The number of aromatic nitrogens is 2. The molecule has 0 saturated heterocycles. The number of nitrogens with one attached hydrogen (secondary N) is 1. The smallest absolute Gasteiger partial charge is 0.160 e. The van der Waals surface area contributed by atoms with Crippen LogP contribution in [0.25, 0.3) is 77.7 Å². The zero-order chi connectivity index (χ0) is 31.2. The van der Waals surface area contributed by atoms with Crippen LogP contribution in [0.4, 0.5) is 5.69 Å². The molecular formula is C43H29N3S. The van der Waals surface area contributed by atoms with Crippen molar-refractivity contribution in [3.05, 3.63) is 158 Å². The maximum absolute atomic E-state index is 5.14. The molecule has 7 aromatic carbocycles. The molecule has 3 nitrogen and oxygen atoms in total. The summed E-state index contributed by atoms with van der Waals surface area (Å²) < 4.78 is 0. The van der Waals surface area contributed by atoms with Gasteiger partial charge in [-0.15, -0.1) is 11.8 Å². The molecular weight excluding hydrogens is 591 g/mol. The van der Waals surface area contributed by atoms with Gasteiger partial charge in [0.05, 0.1) is 23.0 Å². The lowest BCUT2D eigenvalue weighted by atomic mass is 9.87. The number of fused-ring (bicyclic) bond motifs is 4. The SMILES string of the molecule is c1ccc(-c2cc(-c3ccccc3)nc(-c3cccc(-c4c(-c5cc6c(c7ccccc57)NCS6)ccc5ccccc45)c3)n2)cc1. The van der Waals surface area contributed by atoms with Crippen LogP contribution in [0.15, 0.2) is 163 Å². The van der Waals surface area contributed by atoms with Crippen LogP contribution >= 0.6 is 11.8 Å². The Morgan fingerprint density at radius 3 is 1.83 bits per heavy atom. The highest BCUT2D eigenvalue weighted by molar-refractivity contribution is 7.99.